The number of esters is 1. The van der Waals surface area contributed by atoms with Crippen LogP contribution in [0.2, 0.25) is 5.02 Å². The lowest BCUT2D eigenvalue weighted by Crippen LogP contribution is -2.44. The van der Waals surface area contributed by atoms with E-state index in [0.29, 0.717) is 21.3 Å². The molecule has 0 fully saturated rings. The fraction of sp³-hybridized carbons (Fsp3) is 0.391. The molecule has 8 nitrogen and oxygen atoms in total. The minimum absolute atomic E-state index is 0.0247. The van der Waals surface area contributed by atoms with E-state index in [4.69, 9.17) is 28.6 Å². The van der Waals surface area contributed by atoms with E-state index >= 15 is 0 Å². The van der Waals surface area contributed by atoms with Crippen molar-refractivity contribution in [2.45, 2.75) is 51.4 Å². The molecule has 1 aromatic carbocycles. The lowest BCUT2D eigenvalue weighted by molar-refractivity contribution is -0.124. The summed E-state index contributed by atoms with van der Waals surface area (Å²) in [4.78, 5) is 37.9. The van der Waals surface area contributed by atoms with E-state index in [0.717, 1.165) is 37.7 Å². The van der Waals surface area contributed by atoms with Gasteiger partial charge >= 0.3 is 5.97 Å². The number of para-hydroxylation sites is 1. The van der Waals surface area contributed by atoms with Crippen LogP contribution in [0.15, 0.2) is 24.3 Å². The fourth-order valence-electron chi connectivity index (χ4n) is 3.65. The van der Waals surface area contributed by atoms with Crippen LogP contribution in [0.25, 0.3) is 0 Å². The maximum atomic E-state index is 12.5. The highest BCUT2D eigenvalue weighted by atomic mass is 35.5. The van der Waals surface area contributed by atoms with E-state index in [-0.39, 0.29) is 23.9 Å². The van der Waals surface area contributed by atoms with Gasteiger partial charge in [-0.1, -0.05) is 36.6 Å². The van der Waals surface area contributed by atoms with Crippen LogP contribution in [0, 0.1) is 0 Å². The zero-order chi connectivity index (χ0) is 24.5. The molecule has 0 radical (unpaired) electrons. The molecular weight excluding hydrogens is 496 g/mol. The Balaban J connectivity index is 1.52. The molecule has 1 aliphatic carbocycles. The summed E-state index contributed by atoms with van der Waals surface area (Å²) in [5.41, 5.74) is 7.12. The van der Waals surface area contributed by atoms with Gasteiger partial charge < -0.3 is 15.4 Å². The highest BCUT2D eigenvalue weighted by Gasteiger charge is 2.25. The Morgan fingerprint density at radius 1 is 1.00 bits per heavy atom. The number of carbonyl (C=O) groups excluding carboxylic acids is 3. The number of thiophene rings is 1. The van der Waals surface area contributed by atoms with Crippen molar-refractivity contribution in [3.63, 3.8) is 0 Å². The van der Waals surface area contributed by atoms with E-state index in [9.17, 15) is 14.4 Å². The van der Waals surface area contributed by atoms with Crippen LogP contribution in [-0.4, -0.2) is 30.0 Å². The van der Waals surface area contributed by atoms with Gasteiger partial charge in [0.05, 0.1) is 23.4 Å². The SMILES string of the molecule is COC(=O)c1c(NC(=S)NNC(=O)CCC(=O)Nc2ccccc2Cl)sc2c1CCCCCC2. The van der Waals surface area contributed by atoms with Crippen LogP contribution < -0.4 is 21.5 Å². The average molecular weight is 523 g/mol. The number of nitrogens with one attached hydrogen (secondary N) is 4. The van der Waals surface area contributed by atoms with Gasteiger partial charge in [-0.2, -0.15) is 0 Å². The van der Waals surface area contributed by atoms with Gasteiger partial charge in [-0.15, -0.1) is 11.3 Å². The number of thiocarbonyl (C=S) groups is 1. The topological polar surface area (TPSA) is 109 Å². The summed E-state index contributed by atoms with van der Waals surface area (Å²) in [5.74, 6) is -1.15. The quantitative estimate of drug-likeness (QED) is 0.250. The van der Waals surface area contributed by atoms with Gasteiger partial charge in [0.25, 0.3) is 0 Å². The maximum absolute atomic E-state index is 12.5. The van der Waals surface area contributed by atoms with Gasteiger partial charge in [-0.25, -0.2) is 4.79 Å². The van der Waals surface area contributed by atoms with Gasteiger partial charge in [-0.05, 0) is 55.6 Å². The highest BCUT2D eigenvalue weighted by molar-refractivity contribution is 7.80. The number of halogens is 1. The minimum Gasteiger partial charge on any atom is -0.465 e. The van der Waals surface area contributed by atoms with Crippen LogP contribution in [0.5, 0.6) is 0 Å². The molecule has 0 bridgehead atoms. The monoisotopic (exact) mass is 522 g/mol. The molecule has 1 aromatic heterocycles. The molecular formula is C23H27ClN4O4S2. The largest absolute Gasteiger partial charge is 0.465 e. The van der Waals surface area contributed by atoms with Crippen molar-refractivity contribution in [3.05, 3.63) is 45.3 Å². The van der Waals surface area contributed by atoms with Crippen molar-refractivity contribution in [1.29, 1.82) is 0 Å². The summed E-state index contributed by atoms with van der Waals surface area (Å²) >= 11 is 12.8. The first-order chi connectivity index (χ1) is 16.4. The summed E-state index contributed by atoms with van der Waals surface area (Å²) in [6.45, 7) is 0. The van der Waals surface area contributed by atoms with Crippen molar-refractivity contribution >= 4 is 68.7 Å². The number of fused-ring (bicyclic) bond motifs is 1. The molecule has 34 heavy (non-hydrogen) atoms. The third-order valence-electron chi connectivity index (χ3n) is 5.33. The summed E-state index contributed by atoms with van der Waals surface area (Å²) < 4.78 is 5.01. The number of carbonyl (C=O) groups is 3. The first-order valence-corrected chi connectivity index (χ1v) is 12.6. The Morgan fingerprint density at radius 3 is 2.44 bits per heavy atom. The molecule has 0 atom stereocenters. The molecule has 2 amide bonds. The Morgan fingerprint density at radius 2 is 1.71 bits per heavy atom. The van der Waals surface area contributed by atoms with Gasteiger partial charge in [0.15, 0.2) is 5.11 Å². The molecule has 3 rings (SSSR count). The molecule has 0 saturated heterocycles. The standard InChI is InChI=1S/C23H27ClN4O4S2/c1-32-22(31)20-14-8-4-2-3-5-11-17(14)34-21(20)26-23(33)28-27-19(30)13-12-18(29)25-16-10-7-6-9-15(16)24/h6-7,9-10H,2-5,8,11-13H2,1H3,(H,25,29)(H,27,30)(H2,26,28,33). The van der Waals surface area contributed by atoms with Crippen LogP contribution in [0.4, 0.5) is 10.7 Å². The summed E-state index contributed by atoms with van der Waals surface area (Å²) in [6.07, 6.45) is 6.09. The molecule has 11 heteroatoms. The number of hydrazine groups is 1. The van der Waals surface area contributed by atoms with Gasteiger partial charge in [0, 0.05) is 17.7 Å². The molecule has 182 valence electrons. The first kappa shape index (κ1) is 25.9. The van der Waals surface area contributed by atoms with E-state index in [1.54, 1.807) is 24.3 Å². The van der Waals surface area contributed by atoms with Crippen LogP contribution >= 0.6 is 35.2 Å². The second-order valence-electron chi connectivity index (χ2n) is 7.77. The van der Waals surface area contributed by atoms with Crippen molar-refractivity contribution in [1.82, 2.24) is 10.9 Å². The van der Waals surface area contributed by atoms with Crippen LogP contribution in [0.3, 0.4) is 0 Å². The average Bonchev–Trinajstić information content (AvgIpc) is 3.13. The number of anilines is 2. The van der Waals surface area contributed by atoms with Crippen molar-refractivity contribution < 1.29 is 19.1 Å². The Labute approximate surface area is 212 Å². The zero-order valence-electron chi connectivity index (χ0n) is 18.8. The molecule has 0 aliphatic heterocycles. The third-order valence-corrected chi connectivity index (χ3v) is 7.07. The lowest BCUT2D eigenvalue weighted by atomic mass is 9.96. The normalized spacial score (nSPS) is 13.0. The number of rotatable bonds is 6. The second-order valence-corrected chi connectivity index (χ2v) is 9.69. The van der Waals surface area contributed by atoms with Crippen LogP contribution in [-0.2, 0) is 27.2 Å². The number of hydrogen-bond acceptors (Lipinski definition) is 6. The Hall–Kier alpha value is -2.69. The third kappa shape index (κ3) is 7.15. The first-order valence-electron chi connectivity index (χ1n) is 11.0. The number of ether oxygens (including phenoxy) is 1. The molecule has 4 N–H and O–H groups in total. The second kappa shape index (κ2) is 12.7. The summed E-state index contributed by atoms with van der Waals surface area (Å²) in [6, 6.07) is 6.86. The van der Waals surface area contributed by atoms with Crippen molar-refractivity contribution in [2.75, 3.05) is 17.7 Å². The number of benzene rings is 1. The summed E-state index contributed by atoms with van der Waals surface area (Å²) in [5, 5.41) is 6.84. The van der Waals surface area contributed by atoms with Crippen molar-refractivity contribution in [3.8, 4) is 0 Å². The van der Waals surface area contributed by atoms with Gasteiger partial charge in [-0.3, -0.25) is 20.4 Å². The fourth-order valence-corrected chi connectivity index (χ4v) is 5.33. The highest BCUT2D eigenvalue weighted by Crippen LogP contribution is 2.37. The predicted octanol–water partition coefficient (Wildman–Crippen LogP) is 4.58. The Bertz CT molecular complexity index is 1070. The van der Waals surface area contributed by atoms with E-state index in [2.05, 4.69) is 21.5 Å². The molecule has 0 saturated carbocycles. The molecule has 0 unspecified atom stereocenters. The van der Waals surface area contributed by atoms with E-state index in [1.165, 1.54) is 29.7 Å². The van der Waals surface area contributed by atoms with Crippen molar-refractivity contribution in [2.24, 2.45) is 0 Å². The lowest BCUT2D eigenvalue weighted by Gasteiger charge is -2.12. The van der Waals surface area contributed by atoms with Gasteiger partial charge in [0.2, 0.25) is 11.8 Å². The zero-order valence-corrected chi connectivity index (χ0v) is 21.2. The van der Waals surface area contributed by atoms with E-state index in [1.807, 2.05) is 0 Å². The number of aryl methyl sites for hydroxylation is 1. The number of methoxy groups -OCH3 is 1. The number of amides is 2. The number of hydrogen-bond donors (Lipinski definition) is 4. The molecule has 0 spiro atoms. The molecule has 2 aromatic rings. The van der Waals surface area contributed by atoms with E-state index < -0.39 is 11.9 Å². The smallest absolute Gasteiger partial charge is 0.341 e. The van der Waals surface area contributed by atoms with Crippen LogP contribution in [0.1, 0.15) is 59.3 Å². The maximum Gasteiger partial charge on any atom is 0.341 e. The minimum atomic E-state index is -0.412. The van der Waals surface area contributed by atoms with Gasteiger partial charge in [0.1, 0.15) is 5.00 Å². The Kier molecular flexibility index (Phi) is 9.67. The molecule has 1 heterocycles. The summed E-state index contributed by atoms with van der Waals surface area (Å²) in [7, 11) is 1.36. The predicted molar refractivity (Wildman–Crippen MR) is 138 cm³/mol. The molecule has 1 aliphatic rings.